The number of anilines is 1. The van der Waals surface area contributed by atoms with Gasteiger partial charge in [0.1, 0.15) is 0 Å². The molecule has 0 saturated carbocycles. The van der Waals surface area contributed by atoms with Crippen molar-refractivity contribution >= 4 is 32.9 Å². The van der Waals surface area contributed by atoms with E-state index in [-0.39, 0.29) is 35.1 Å². The first-order valence-electron chi connectivity index (χ1n) is 13.9. The Kier molecular flexibility index (Phi) is 5.62. The molecule has 36 heavy (non-hydrogen) atoms. The summed E-state index contributed by atoms with van der Waals surface area (Å²) in [4.78, 5) is 26.8. The van der Waals surface area contributed by atoms with Crippen molar-refractivity contribution in [1.29, 1.82) is 5.26 Å². The minimum atomic E-state index is -2.21. The number of nitrogens with zero attached hydrogens (tertiary/aromatic N) is 7. The number of thiazole rings is 1. The molecule has 1 fully saturated rings. The van der Waals surface area contributed by atoms with Crippen LogP contribution in [-0.4, -0.2) is 49.2 Å². The van der Waals surface area contributed by atoms with E-state index in [2.05, 4.69) is 53.8 Å². The van der Waals surface area contributed by atoms with Crippen LogP contribution in [0, 0.1) is 18.2 Å². The summed E-state index contributed by atoms with van der Waals surface area (Å²) in [5.74, 6) is 0. The largest absolute Gasteiger partial charge is 0.362 e. The summed E-state index contributed by atoms with van der Waals surface area (Å²) in [6.07, 6.45) is 3.78. The number of rotatable bonds is 6. The minimum Gasteiger partial charge on any atom is -0.362 e. The average molecular weight is 507 g/mol. The predicted octanol–water partition coefficient (Wildman–Crippen LogP) is 4.46. The zero-order valence-electron chi connectivity index (χ0n) is 24.1. The quantitative estimate of drug-likeness (QED) is 0.384. The normalized spacial score (nSPS) is 21.3. The van der Waals surface area contributed by atoms with Crippen LogP contribution in [0.2, 0.25) is 0 Å². The van der Waals surface area contributed by atoms with E-state index in [1.807, 2.05) is 6.07 Å². The lowest BCUT2D eigenvalue weighted by Gasteiger charge is -2.49. The van der Waals surface area contributed by atoms with Crippen molar-refractivity contribution < 1.29 is 4.11 Å². The van der Waals surface area contributed by atoms with Crippen LogP contribution in [-0.2, 0) is 13.5 Å². The fourth-order valence-electron chi connectivity index (χ4n) is 5.43. The maximum atomic E-state index is 12.9. The average Bonchev–Trinajstić information content (AvgIpc) is 3.54. The number of hydrogen-bond donors (Lipinski definition) is 0. The van der Waals surface area contributed by atoms with Gasteiger partial charge in [-0.3, -0.25) is 9.69 Å². The van der Waals surface area contributed by atoms with E-state index >= 15 is 0 Å². The molecule has 0 radical (unpaired) electrons. The first kappa shape index (κ1) is 20.9. The third kappa shape index (κ3) is 4.18. The van der Waals surface area contributed by atoms with E-state index < -0.39 is 6.85 Å². The smallest absolute Gasteiger partial charge is 0.267 e. The Morgan fingerprint density at radius 3 is 2.75 bits per heavy atom. The van der Waals surface area contributed by atoms with Gasteiger partial charge in [0.25, 0.3) is 5.56 Å². The molecule has 5 rings (SSSR count). The Morgan fingerprint density at radius 1 is 1.22 bits per heavy atom. The topological polar surface area (TPSA) is 82.5 Å². The summed E-state index contributed by atoms with van der Waals surface area (Å²) in [5, 5.41) is 9.36. The van der Waals surface area contributed by atoms with Gasteiger partial charge < -0.3 is 4.90 Å². The second kappa shape index (κ2) is 9.68. The molecule has 3 atom stereocenters. The Morgan fingerprint density at radius 2 is 2.03 bits per heavy atom. The number of piperazine rings is 1. The van der Waals surface area contributed by atoms with Gasteiger partial charge in [-0.2, -0.15) is 5.26 Å². The van der Waals surface area contributed by atoms with E-state index in [0.717, 1.165) is 47.4 Å². The molecule has 9 heteroatoms. The lowest BCUT2D eigenvalue weighted by Crippen LogP contribution is -2.59. The first-order valence-corrected chi connectivity index (χ1v) is 13.3. The van der Waals surface area contributed by atoms with Gasteiger partial charge in [-0.15, -0.1) is 11.3 Å². The molecule has 0 aliphatic carbocycles. The fourth-order valence-corrected chi connectivity index (χ4v) is 6.19. The number of fused-ring (bicyclic) bond motifs is 2. The van der Waals surface area contributed by atoms with Gasteiger partial charge in [0.15, 0.2) is 5.65 Å². The minimum absolute atomic E-state index is 0.117. The van der Waals surface area contributed by atoms with Crippen LogP contribution in [0.5, 0.6) is 0 Å². The number of hydrogen-bond acceptors (Lipinski definition) is 7. The number of nitriles is 1. The summed E-state index contributed by atoms with van der Waals surface area (Å²) in [5.41, 5.74) is 3.88. The van der Waals surface area contributed by atoms with Crippen molar-refractivity contribution in [3.8, 4) is 6.07 Å². The molecule has 188 valence electrons. The molecule has 1 aromatic carbocycles. The van der Waals surface area contributed by atoms with Crippen LogP contribution in [0.1, 0.15) is 60.0 Å². The van der Waals surface area contributed by atoms with Gasteiger partial charge >= 0.3 is 0 Å². The molecule has 8 nitrogen and oxygen atoms in total. The highest BCUT2D eigenvalue weighted by Gasteiger charge is 2.36. The maximum absolute atomic E-state index is 12.9. The third-order valence-electron chi connectivity index (χ3n) is 7.51. The van der Waals surface area contributed by atoms with Crippen molar-refractivity contribution in [2.75, 3.05) is 18.0 Å². The monoisotopic (exact) mass is 506 g/mol. The Balaban J connectivity index is 1.48. The van der Waals surface area contributed by atoms with Crippen LogP contribution in [0.3, 0.4) is 0 Å². The molecule has 0 spiro atoms. The molecule has 0 N–H and O–H groups in total. The van der Waals surface area contributed by atoms with Crippen molar-refractivity contribution in [2.24, 2.45) is 7.05 Å². The highest BCUT2D eigenvalue weighted by molar-refractivity contribution is 7.18. The SMILES string of the molecule is [2H]C([2H])([2H])c1nc2ccc(C(C)N3C[C@H](CC)N(c4cc(=O)n(C)n5cc(CC#N)nc45)C[C@H]3CC)cc2s1. The van der Waals surface area contributed by atoms with Gasteiger partial charge in [0.05, 0.1) is 45.3 Å². The molecule has 1 aliphatic rings. The second-order valence-corrected chi connectivity index (χ2v) is 10.6. The van der Waals surface area contributed by atoms with Crippen molar-refractivity contribution in [3.05, 3.63) is 57.1 Å². The lowest BCUT2D eigenvalue weighted by atomic mass is 9.96. The number of aryl methyl sites for hydroxylation is 2. The molecule has 3 aromatic heterocycles. The van der Waals surface area contributed by atoms with E-state index in [0.29, 0.717) is 11.3 Å². The lowest BCUT2D eigenvalue weighted by molar-refractivity contribution is 0.101. The van der Waals surface area contributed by atoms with Gasteiger partial charge in [-0.1, -0.05) is 19.9 Å². The molecule has 0 bridgehead atoms. The maximum Gasteiger partial charge on any atom is 0.267 e. The molecule has 4 aromatic rings. The van der Waals surface area contributed by atoms with Crippen LogP contribution in [0.25, 0.3) is 15.9 Å². The van der Waals surface area contributed by atoms with Gasteiger partial charge in [-0.05, 0) is 44.3 Å². The number of benzene rings is 1. The highest BCUT2D eigenvalue weighted by Crippen LogP contribution is 2.34. The summed E-state index contributed by atoms with van der Waals surface area (Å²) in [6.45, 7) is 5.90. The van der Waals surface area contributed by atoms with Crippen molar-refractivity contribution in [3.63, 3.8) is 0 Å². The van der Waals surface area contributed by atoms with E-state index in [1.165, 1.54) is 16.0 Å². The molecule has 0 amide bonds. The van der Waals surface area contributed by atoms with Crippen LogP contribution in [0.4, 0.5) is 5.69 Å². The van der Waals surface area contributed by atoms with Crippen LogP contribution < -0.4 is 10.5 Å². The summed E-state index contributed by atoms with van der Waals surface area (Å²) in [7, 11) is 1.71. The van der Waals surface area contributed by atoms with Gasteiger partial charge in [0, 0.05) is 48.4 Å². The van der Waals surface area contributed by atoms with Crippen LogP contribution >= 0.6 is 11.3 Å². The summed E-state index contributed by atoms with van der Waals surface area (Å²) in [6, 6.07) is 10.4. The fraction of sp³-hybridized carbons (Fsp3) is 0.481. The molecule has 1 aliphatic heterocycles. The van der Waals surface area contributed by atoms with Gasteiger partial charge in [-0.25, -0.2) is 19.2 Å². The zero-order chi connectivity index (χ0) is 28.1. The van der Waals surface area contributed by atoms with Crippen LogP contribution in [0.15, 0.2) is 35.3 Å². The standard InChI is InChI=1S/C27H33N7OS/c1-6-21-16-33(24-13-26(35)31(5)34-14-20(10-11-28)30-27(24)34)22(7-2)15-32(21)17(3)19-8-9-23-25(12-19)36-18(4)29-23/h8-9,12-14,17,21-22H,6-7,10,15-16H2,1-5H3/t17?,21-,22+/m1/s1/i4D3. The number of aromatic nitrogens is 4. The molecule has 4 heterocycles. The molecule has 1 saturated heterocycles. The highest BCUT2D eigenvalue weighted by atomic mass is 32.1. The molecule has 1 unspecified atom stereocenters. The second-order valence-electron chi connectivity index (χ2n) is 9.52. The van der Waals surface area contributed by atoms with Gasteiger partial charge in [0.2, 0.25) is 0 Å². The van der Waals surface area contributed by atoms with E-state index in [1.54, 1.807) is 23.8 Å². The predicted molar refractivity (Wildman–Crippen MR) is 145 cm³/mol. The molecular formula is C27H33N7OS. The van der Waals surface area contributed by atoms with E-state index in [9.17, 15) is 10.1 Å². The number of imidazole rings is 1. The summed E-state index contributed by atoms with van der Waals surface area (Å²) < 4.78 is 27.3. The van der Waals surface area contributed by atoms with Crippen molar-refractivity contribution in [1.82, 2.24) is 24.1 Å². The Bertz CT molecular complexity index is 1620. The Hall–Kier alpha value is -3.22. The van der Waals surface area contributed by atoms with Crippen molar-refractivity contribution in [2.45, 2.75) is 65.0 Å². The Labute approximate surface area is 219 Å². The van der Waals surface area contributed by atoms with E-state index in [4.69, 9.17) is 9.10 Å². The molecular weight excluding hydrogens is 470 g/mol. The first-order chi connectivity index (χ1) is 18.5. The summed E-state index contributed by atoms with van der Waals surface area (Å²) >= 11 is 1.24. The zero-order valence-corrected chi connectivity index (χ0v) is 21.9. The third-order valence-corrected chi connectivity index (χ3v) is 8.34.